The van der Waals surface area contributed by atoms with Gasteiger partial charge in [0.25, 0.3) is 10.0 Å². The van der Waals surface area contributed by atoms with Crippen molar-refractivity contribution in [3.63, 3.8) is 0 Å². The van der Waals surface area contributed by atoms with E-state index in [1.165, 1.54) is 6.07 Å². The first-order valence-corrected chi connectivity index (χ1v) is 7.58. The third-order valence-corrected chi connectivity index (χ3v) is 4.60. The summed E-state index contributed by atoms with van der Waals surface area (Å²) in [5.74, 6) is -1.83. The van der Waals surface area contributed by atoms with Crippen molar-refractivity contribution in [3.05, 3.63) is 46.3 Å². The van der Waals surface area contributed by atoms with Crippen LogP contribution in [0.15, 0.2) is 38.2 Å². The number of halogens is 3. The molecule has 0 aliphatic rings. The van der Waals surface area contributed by atoms with Gasteiger partial charge in [0.1, 0.15) is 28.0 Å². The van der Waals surface area contributed by atoms with Crippen molar-refractivity contribution < 1.29 is 21.6 Å². The summed E-state index contributed by atoms with van der Waals surface area (Å²) in [4.78, 5) is -0.291. The van der Waals surface area contributed by atoms with Crippen LogP contribution in [-0.2, 0) is 16.6 Å². The monoisotopic (exact) mass is 366 g/mol. The molecule has 0 radical (unpaired) electrons. The smallest absolute Gasteiger partial charge is 0.266 e. The van der Waals surface area contributed by atoms with Gasteiger partial charge in [-0.25, -0.2) is 17.2 Å². The lowest BCUT2D eigenvalue weighted by Crippen LogP contribution is -2.15. The molecule has 0 amide bonds. The van der Waals surface area contributed by atoms with Crippen molar-refractivity contribution in [2.24, 2.45) is 5.73 Å². The van der Waals surface area contributed by atoms with Gasteiger partial charge in [-0.05, 0) is 28.1 Å². The number of hydrogen-bond donors (Lipinski definition) is 2. The van der Waals surface area contributed by atoms with Crippen LogP contribution in [0.4, 0.5) is 14.5 Å². The summed E-state index contributed by atoms with van der Waals surface area (Å²) in [7, 11) is -4.20. The highest BCUT2D eigenvalue weighted by Crippen LogP contribution is 2.29. The fraction of sp³-hybridized carbons (Fsp3) is 0.0909. The predicted octanol–water partition coefficient (Wildman–Crippen LogP) is 2.58. The number of nitrogens with one attached hydrogen (secondary N) is 1. The third-order valence-electron chi connectivity index (χ3n) is 2.40. The number of nitrogens with two attached hydrogens (primary N) is 1. The molecule has 0 saturated heterocycles. The second kappa shape index (κ2) is 5.51. The molecule has 3 N–H and O–H groups in total. The number of hydrogen-bond acceptors (Lipinski definition) is 4. The maximum atomic E-state index is 13.4. The van der Waals surface area contributed by atoms with Crippen LogP contribution in [0.1, 0.15) is 5.76 Å². The maximum absolute atomic E-state index is 13.4. The SMILES string of the molecule is NCc1cc(S(=O)(=O)Nc2c(F)cccc2F)c(Br)o1. The molecular weight excluding hydrogens is 358 g/mol. The van der Waals surface area contributed by atoms with Gasteiger partial charge in [0.2, 0.25) is 0 Å². The van der Waals surface area contributed by atoms with E-state index in [1.54, 1.807) is 0 Å². The van der Waals surface area contributed by atoms with Crippen LogP contribution in [0.25, 0.3) is 0 Å². The Bertz CT molecular complexity index is 726. The highest BCUT2D eigenvalue weighted by atomic mass is 79.9. The molecule has 0 aliphatic carbocycles. The van der Waals surface area contributed by atoms with Crippen molar-refractivity contribution >= 4 is 31.6 Å². The second-order valence-electron chi connectivity index (χ2n) is 3.76. The minimum Gasteiger partial charge on any atom is -0.452 e. The zero-order valence-corrected chi connectivity index (χ0v) is 12.3. The molecule has 1 aromatic heterocycles. The van der Waals surface area contributed by atoms with Gasteiger partial charge in [0.05, 0.1) is 6.54 Å². The summed E-state index contributed by atoms with van der Waals surface area (Å²) in [5.41, 5.74) is 4.57. The van der Waals surface area contributed by atoms with Gasteiger partial charge in [-0.2, -0.15) is 0 Å². The Morgan fingerprint density at radius 3 is 2.40 bits per heavy atom. The Morgan fingerprint density at radius 2 is 1.90 bits per heavy atom. The van der Waals surface area contributed by atoms with Crippen LogP contribution >= 0.6 is 15.9 Å². The lowest BCUT2D eigenvalue weighted by atomic mass is 10.3. The Hall–Kier alpha value is -1.45. The van der Waals surface area contributed by atoms with E-state index in [-0.39, 0.29) is 21.9 Å². The number of benzene rings is 1. The van der Waals surface area contributed by atoms with Gasteiger partial charge in [-0.3, -0.25) is 4.72 Å². The highest BCUT2D eigenvalue weighted by molar-refractivity contribution is 9.10. The lowest BCUT2D eigenvalue weighted by Gasteiger charge is -2.08. The second-order valence-corrected chi connectivity index (χ2v) is 6.13. The summed E-state index contributed by atoms with van der Waals surface area (Å²) in [6, 6.07) is 4.18. The molecule has 9 heteroatoms. The average Bonchev–Trinajstić information content (AvgIpc) is 2.76. The van der Waals surface area contributed by atoms with Gasteiger partial charge >= 0.3 is 0 Å². The fourth-order valence-electron chi connectivity index (χ4n) is 1.47. The van der Waals surface area contributed by atoms with Crippen molar-refractivity contribution in [2.45, 2.75) is 11.4 Å². The number of rotatable bonds is 4. The molecule has 108 valence electrons. The summed E-state index contributed by atoms with van der Waals surface area (Å²) in [6.45, 7) is -0.0117. The molecule has 0 bridgehead atoms. The minimum absolute atomic E-state index is 0.0117. The Labute approximate surface area is 121 Å². The number of para-hydroxylation sites is 1. The summed E-state index contributed by atoms with van der Waals surface area (Å²) in [6.07, 6.45) is 0. The molecule has 0 unspecified atom stereocenters. The number of sulfonamides is 1. The van der Waals surface area contributed by atoms with Crippen molar-refractivity contribution in [1.82, 2.24) is 0 Å². The van der Waals surface area contributed by atoms with Gasteiger partial charge < -0.3 is 10.2 Å². The maximum Gasteiger partial charge on any atom is 0.266 e. The lowest BCUT2D eigenvalue weighted by molar-refractivity contribution is 0.484. The largest absolute Gasteiger partial charge is 0.452 e. The van der Waals surface area contributed by atoms with Crippen LogP contribution in [0, 0.1) is 11.6 Å². The molecule has 2 aromatic rings. The van der Waals surface area contributed by atoms with Crippen molar-refractivity contribution in [1.29, 1.82) is 0 Å². The molecule has 2 rings (SSSR count). The summed E-state index contributed by atoms with van der Waals surface area (Å²) in [5, 5.41) is 0. The van der Waals surface area contributed by atoms with Gasteiger partial charge in [0, 0.05) is 6.07 Å². The van der Waals surface area contributed by atoms with E-state index in [0.29, 0.717) is 0 Å². The van der Waals surface area contributed by atoms with Gasteiger partial charge in [0.15, 0.2) is 4.67 Å². The van der Waals surface area contributed by atoms with E-state index in [1.807, 2.05) is 4.72 Å². The number of furan rings is 1. The van der Waals surface area contributed by atoms with E-state index >= 15 is 0 Å². The van der Waals surface area contributed by atoms with Crippen LogP contribution in [-0.4, -0.2) is 8.42 Å². The standard InChI is InChI=1S/C11H9BrF2N2O3S/c12-11-9(4-6(5-15)19-11)20(17,18)16-10-7(13)2-1-3-8(10)14/h1-4,16H,5,15H2. The fourth-order valence-corrected chi connectivity index (χ4v) is 3.54. The van der Waals surface area contributed by atoms with E-state index < -0.39 is 27.3 Å². The van der Waals surface area contributed by atoms with Crippen LogP contribution < -0.4 is 10.5 Å². The normalized spacial score (nSPS) is 11.6. The molecular formula is C11H9BrF2N2O3S. The Morgan fingerprint density at radius 1 is 1.30 bits per heavy atom. The first-order valence-electron chi connectivity index (χ1n) is 5.30. The molecule has 0 spiro atoms. The van der Waals surface area contributed by atoms with E-state index in [9.17, 15) is 17.2 Å². The molecule has 1 aromatic carbocycles. The van der Waals surface area contributed by atoms with Crippen LogP contribution in [0.2, 0.25) is 0 Å². The molecule has 0 saturated carbocycles. The average molecular weight is 367 g/mol. The highest BCUT2D eigenvalue weighted by Gasteiger charge is 2.24. The zero-order chi connectivity index (χ0) is 14.9. The molecule has 0 aliphatic heterocycles. The quantitative estimate of drug-likeness (QED) is 0.870. The van der Waals surface area contributed by atoms with Gasteiger partial charge in [-0.15, -0.1) is 0 Å². The van der Waals surface area contributed by atoms with E-state index in [0.717, 1.165) is 18.2 Å². The molecule has 1 heterocycles. The first kappa shape index (κ1) is 14.9. The topological polar surface area (TPSA) is 85.3 Å². The molecule has 0 fully saturated rings. The van der Waals surface area contributed by atoms with Crippen molar-refractivity contribution in [2.75, 3.05) is 4.72 Å². The Balaban J connectivity index is 2.43. The van der Waals surface area contributed by atoms with Crippen LogP contribution in [0.3, 0.4) is 0 Å². The van der Waals surface area contributed by atoms with E-state index in [4.69, 9.17) is 10.2 Å². The number of anilines is 1. The summed E-state index contributed by atoms with van der Waals surface area (Å²) >= 11 is 2.92. The third kappa shape index (κ3) is 2.84. The van der Waals surface area contributed by atoms with Crippen LogP contribution in [0.5, 0.6) is 0 Å². The molecule has 20 heavy (non-hydrogen) atoms. The van der Waals surface area contributed by atoms with Crippen molar-refractivity contribution in [3.8, 4) is 0 Å². The first-order chi connectivity index (χ1) is 9.35. The predicted molar refractivity (Wildman–Crippen MR) is 71.5 cm³/mol. The van der Waals surface area contributed by atoms with Gasteiger partial charge in [-0.1, -0.05) is 6.07 Å². The Kier molecular flexibility index (Phi) is 4.11. The molecule has 5 nitrogen and oxygen atoms in total. The minimum atomic E-state index is -4.20. The molecule has 0 atom stereocenters. The summed E-state index contributed by atoms with van der Waals surface area (Å²) < 4.78 is 57.8. The zero-order valence-electron chi connectivity index (χ0n) is 9.86. The van der Waals surface area contributed by atoms with E-state index in [2.05, 4.69) is 15.9 Å².